The summed E-state index contributed by atoms with van der Waals surface area (Å²) >= 11 is 0. The van der Waals surface area contributed by atoms with E-state index in [-0.39, 0.29) is 0 Å². The van der Waals surface area contributed by atoms with Crippen LogP contribution < -0.4 is 15.0 Å². The van der Waals surface area contributed by atoms with Crippen LogP contribution in [0.2, 0.25) is 0 Å². The van der Waals surface area contributed by atoms with Crippen molar-refractivity contribution < 1.29 is 4.74 Å². The standard InChI is InChI=1S/C23H28N4O/c1-4-5-15-27(3)22-16-18(2)24-23(26-22)25-20-11-13-21(14-12-20)28-17-19-9-7-6-8-10-19/h6-14,16H,4-5,15,17H2,1-3H3,(H,24,25,26). The zero-order valence-corrected chi connectivity index (χ0v) is 16.9. The lowest BCUT2D eigenvalue weighted by molar-refractivity contribution is 0.306. The van der Waals surface area contributed by atoms with E-state index in [0.29, 0.717) is 12.6 Å². The van der Waals surface area contributed by atoms with Gasteiger partial charge in [-0.1, -0.05) is 43.7 Å². The molecule has 5 nitrogen and oxygen atoms in total. The second kappa shape index (κ2) is 9.74. The van der Waals surface area contributed by atoms with Gasteiger partial charge in [0.25, 0.3) is 0 Å². The number of nitrogens with one attached hydrogen (secondary N) is 1. The fraction of sp³-hybridized carbons (Fsp3) is 0.304. The molecule has 1 N–H and O–H groups in total. The number of aromatic nitrogens is 2. The van der Waals surface area contributed by atoms with Crippen LogP contribution in [0.3, 0.4) is 0 Å². The van der Waals surface area contributed by atoms with E-state index in [1.165, 1.54) is 0 Å². The second-order valence-corrected chi connectivity index (χ2v) is 6.89. The molecule has 0 saturated heterocycles. The monoisotopic (exact) mass is 376 g/mol. The Morgan fingerprint density at radius 3 is 2.46 bits per heavy atom. The fourth-order valence-corrected chi connectivity index (χ4v) is 2.82. The van der Waals surface area contributed by atoms with Crippen molar-refractivity contribution in [1.82, 2.24) is 9.97 Å². The molecule has 0 spiro atoms. The van der Waals surface area contributed by atoms with Crippen LogP contribution in [0, 0.1) is 6.92 Å². The van der Waals surface area contributed by atoms with Gasteiger partial charge in [0.2, 0.25) is 5.95 Å². The number of benzene rings is 2. The van der Waals surface area contributed by atoms with Gasteiger partial charge in [-0.3, -0.25) is 0 Å². The van der Waals surface area contributed by atoms with Gasteiger partial charge in [-0.2, -0.15) is 4.98 Å². The van der Waals surface area contributed by atoms with Crippen LogP contribution >= 0.6 is 0 Å². The van der Waals surface area contributed by atoms with Gasteiger partial charge >= 0.3 is 0 Å². The number of unbranched alkanes of at least 4 members (excludes halogenated alkanes) is 1. The largest absolute Gasteiger partial charge is 0.489 e. The van der Waals surface area contributed by atoms with Crippen LogP contribution in [0.4, 0.5) is 17.5 Å². The number of nitrogens with zero attached hydrogens (tertiary/aromatic N) is 3. The zero-order chi connectivity index (χ0) is 19.8. The minimum atomic E-state index is 0.558. The van der Waals surface area contributed by atoms with Crippen LogP contribution in [-0.2, 0) is 6.61 Å². The van der Waals surface area contributed by atoms with Gasteiger partial charge in [-0.05, 0) is 43.2 Å². The normalized spacial score (nSPS) is 10.5. The molecule has 0 fully saturated rings. The second-order valence-electron chi connectivity index (χ2n) is 6.89. The molecule has 0 saturated carbocycles. The Hall–Kier alpha value is -3.08. The Morgan fingerprint density at radius 2 is 1.75 bits per heavy atom. The predicted octanol–water partition coefficient (Wildman–Crippen LogP) is 5.34. The first kappa shape index (κ1) is 19.7. The van der Waals surface area contributed by atoms with Crippen LogP contribution in [0.25, 0.3) is 0 Å². The quantitative estimate of drug-likeness (QED) is 0.546. The van der Waals surface area contributed by atoms with E-state index in [9.17, 15) is 0 Å². The molecule has 5 heteroatoms. The van der Waals surface area contributed by atoms with Crippen molar-refractivity contribution in [2.45, 2.75) is 33.3 Å². The summed E-state index contributed by atoms with van der Waals surface area (Å²) < 4.78 is 5.84. The van der Waals surface area contributed by atoms with Crippen molar-refractivity contribution in [2.75, 3.05) is 23.8 Å². The van der Waals surface area contributed by atoms with E-state index in [2.05, 4.69) is 46.3 Å². The summed E-state index contributed by atoms with van der Waals surface area (Å²) in [7, 11) is 2.07. The van der Waals surface area contributed by atoms with Crippen molar-refractivity contribution in [1.29, 1.82) is 0 Å². The first-order valence-electron chi connectivity index (χ1n) is 9.74. The summed E-state index contributed by atoms with van der Waals surface area (Å²) in [6.07, 6.45) is 2.31. The van der Waals surface area contributed by atoms with E-state index in [1.807, 2.05) is 55.5 Å². The summed E-state index contributed by atoms with van der Waals surface area (Å²) in [5, 5.41) is 3.29. The maximum Gasteiger partial charge on any atom is 0.229 e. The van der Waals surface area contributed by atoms with Crippen molar-refractivity contribution >= 4 is 17.5 Å². The molecule has 2 aromatic carbocycles. The molecule has 3 rings (SSSR count). The molecule has 0 amide bonds. The molecule has 0 radical (unpaired) electrons. The smallest absolute Gasteiger partial charge is 0.229 e. The van der Waals surface area contributed by atoms with Crippen LogP contribution in [0.15, 0.2) is 60.7 Å². The maximum atomic E-state index is 5.84. The third-order valence-corrected chi connectivity index (χ3v) is 4.44. The van der Waals surface area contributed by atoms with Crippen LogP contribution in [-0.4, -0.2) is 23.6 Å². The Balaban J connectivity index is 1.62. The van der Waals surface area contributed by atoms with Gasteiger partial charge in [0.15, 0.2) is 0 Å². The minimum Gasteiger partial charge on any atom is -0.489 e. The Morgan fingerprint density at radius 1 is 1.00 bits per heavy atom. The molecule has 28 heavy (non-hydrogen) atoms. The van der Waals surface area contributed by atoms with E-state index in [0.717, 1.165) is 47.9 Å². The molecular weight excluding hydrogens is 348 g/mol. The lowest BCUT2D eigenvalue weighted by Crippen LogP contribution is -2.20. The highest BCUT2D eigenvalue weighted by molar-refractivity contribution is 5.56. The number of hydrogen-bond acceptors (Lipinski definition) is 5. The number of rotatable bonds is 9. The summed E-state index contributed by atoms with van der Waals surface area (Å²) in [5.74, 6) is 2.38. The highest BCUT2D eigenvalue weighted by Gasteiger charge is 2.07. The molecule has 1 aromatic heterocycles. The van der Waals surface area contributed by atoms with E-state index in [4.69, 9.17) is 4.74 Å². The zero-order valence-electron chi connectivity index (χ0n) is 16.9. The number of anilines is 3. The number of aryl methyl sites for hydroxylation is 1. The molecule has 0 bridgehead atoms. The third-order valence-electron chi connectivity index (χ3n) is 4.44. The summed E-state index contributed by atoms with van der Waals surface area (Å²) in [4.78, 5) is 11.3. The average Bonchev–Trinajstić information content (AvgIpc) is 2.72. The summed E-state index contributed by atoms with van der Waals surface area (Å²) in [6, 6.07) is 20.0. The number of hydrogen-bond donors (Lipinski definition) is 1. The third kappa shape index (κ3) is 5.71. The van der Waals surface area contributed by atoms with E-state index >= 15 is 0 Å². The fourth-order valence-electron chi connectivity index (χ4n) is 2.82. The SMILES string of the molecule is CCCCN(C)c1cc(C)nc(Nc2ccc(OCc3ccccc3)cc2)n1. The molecule has 0 aliphatic rings. The highest BCUT2D eigenvalue weighted by Crippen LogP contribution is 2.21. The maximum absolute atomic E-state index is 5.84. The van der Waals surface area contributed by atoms with Crippen LogP contribution in [0.5, 0.6) is 5.75 Å². The predicted molar refractivity (Wildman–Crippen MR) is 115 cm³/mol. The molecule has 0 aliphatic carbocycles. The molecular formula is C23H28N4O. The van der Waals surface area contributed by atoms with Gasteiger partial charge in [0, 0.05) is 31.0 Å². The lowest BCUT2D eigenvalue weighted by atomic mass is 10.2. The first-order chi connectivity index (χ1) is 13.6. The molecule has 0 aliphatic heterocycles. The molecule has 0 atom stereocenters. The van der Waals surface area contributed by atoms with Crippen molar-refractivity contribution in [3.05, 3.63) is 71.9 Å². The van der Waals surface area contributed by atoms with Gasteiger partial charge < -0.3 is 15.0 Å². The lowest BCUT2D eigenvalue weighted by Gasteiger charge is -2.19. The molecule has 3 aromatic rings. The topological polar surface area (TPSA) is 50.3 Å². The summed E-state index contributed by atoms with van der Waals surface area (Å²) in [5.41, 5.74) is 3.02. The van der Waals surface area contributed by atoms with Crippen LogP contribution in [0.1, 0.15) is 31.0 Å². The average molecular weight is 377 g/mol. The van der Waals surface area contributed by atoms with E-state index in [1.54, 1.807) is 0 Å². The van der Waals surface area contributed by atoms with Crippen molar-refractivity contribution in [3.8, 4) is 5.75 Å². The molecule has 1 heterocycles. The van der Waals surface area contributed by atoms with Gasteiger partial charge in [-0.25, -0.2) is 4.98 Å². The highest BCUT2D eigenvalue weighted by atomic mass is 16.5. The van der Waals surface area contributed by atoms with Crippen molar-refractivity contribution in [2.24, 2.45) is 0 Å². The Labute approximate surface area is 167 Å². The van der Waals surface area contributed by atoms with E-state index < -0.39 is 0 Å². The van der Waals surface area contributed by atoms with Crippen molar-refractivity contribution in [3.63, 3.8) is 0 Å². The van der Waals surface area contributed by atoms with Gasteiger partial charge in [0.05, 0.1) is 0 Å². The Kier molecular flexibility index (Phi) is 6.84. The molecule has 146 valence electrons. The minimum absolute atomic E-state index is 0.558. The number of ether oxygens (including phenoxy) is 1. The van der Waals surface area contributed by atoms with Gasteiger partial charge in [0.1, 0.15) is 18.2 Å². The Bertz CT molecular complexity index is 866. The molecule has 0 unspecified atom stereocenters. The summed E-state index contributed by atoms with van der Waals surface area (Å²) in [6.45, 7) is 5.73. The van der Waals surface area contributed by atoms with Gasteiger partial charge in [-0.15, -0.1) is 0 Å². The first-order valence-corrected chi connectivity index (χ1v) is 9.74.